The number of fused-ring (bicyclic) bond motifs is 1. The number of aromatic nitrogens is 3. The van der Waals surface area contributed by atoms with Crippen molar-refractivity contribution >= 4 is 28.6 Å². The first-order valence-electron chi connectivity index (χ1n) is 12.8. The molecular weight excluding hydrogens is 474 g/mol. The van der Waals surface area contributed by atoms with Crippen molar-refractivity contribution in [3.05, 3.63) is 48.4 Å². The highest BCUT2D eigenvalue weighted by atomic mass is 16.6. The number of nitrogen functional groups attached to an aromatic ring is 1. The van der Waals surface area contributed by atoms with E-state index in [0.717, 1.165) is 24.9 Å². The molecule has 200 valence electrons. The van der Waals surface area contributed by atoms with E-state index in [2.05, 4.69) is 27.5 Å². The van der Waals surface area contributed by atoms with Gasteiger partial charge in [0, 0.05) is 25.0 Å². The standard InChI is InChI=1S/C26H37N7O4/c1-3-4-6-17-7-9-18(10-8-17)31-26(36)28-12-5-13-32(2)15-20-21(34)22(35)25(37-20)33-14-11-19-23(27)29-16-30-24(19)33/h7-11,14,16,20-22,25,34-35H,3-6,12-13,15H2,1-2H3,(H2,27,29,30)(H2,28,31,36)/t20-,21-,22-,25-/m1/s1. The number of nitrogens with zero attached hydrogens (tertiary/aromatic N) is 4. The van der Waals surface area contributed by atoms with E-state index in [1.165, 1.54) is 11.9 Å². The van der Waals surface area contributed by atoms with Gasteiger partial charge < -0.3 is 40.8 Å². The Morgan fingerprint density at radius 3 is 2.70 bits per heavy atom. The van der Waals surface area contributed by atoms with Gasteiger partial charge in [-0.25, -0.2) is 14.8 Å². The molecule has 11 heteroatoms. The average Bonchev–Trinajstić information content (AvgIpc) is 3.43. The van der Waals surface area contributed by atoms with Crippen molar-refractivity contribution in [2.24, 2.45) is 0 Å². The molecule has 0 spiro atoms. The Labute approximate surface area is 216 Å². The van der Waals surface area contributed by atoms with Crippen molar-refractivity contribution in [3.63, 3.8) is 0 Å². The molecule has 2 amide bonds. The Kier molecular flexibility index (Phi) is 8.93. The van der Waals surface area contributed by atoms with Crippen LogP contribution in [-0.2, 0) is 11.2 Å². The second-order valence-electron chi connectivity index (χ2n) is 9.56. The molecule has 0 aliphatic carbocycles. The number of aliphatic hydroxyl groups excluding tert-OH is 2. The number of likely N-dealkylation sites (N-methyl/N-ethyl adjacent to an activating group) is 1. The van der Waals surface area contributed by atoms with Gasteiger partial charge in [-0.3, -0.25) is 0 Å². The lowest BCUT2D eigenvalue weighted by molar-refractivity contribution is -0.0419. The number of nitrogens with two attached hydrogens (primary N) is 1. The molecule has 4 atom stereocenters. The highest BCUT2D eigenvalue weighted by Gasteiger charge is 2.44. The molecular formula is C26H37N7O4. The van der Waals surface area contributed by atoms with Crippen molar-refractivity contribution in [1.29, 1.82) is 0 Å². The maximum absolute atomic E-state index is 12.2. The number of aryl methyl sites for hydroxylation is 1. The number of hydrogen-bond acceptors (Lipinski definition) is 8. The first-order chi connectivity index (χ1) is 17.9. The molecule has 37 heavy (non-hydrogen) atoms. The predicted octanol–water partition coefficient (Wildman–Crippen LogP) is 2.12. The van der Waals surface area contributed by atoms with E-state index in [-0.39, 0.29) is 6.03 Å². The Balaban J connectivity index is 1.19. The van der Waals surface area contributed by atoms with Crippen molar-refractivity contribution in [2.45, 2.75) is 57.1 Å². The SMILES string of the molecule is CCCCc1ccc(NC(=O)NCCCN(C)C[C@H]2O[C@@H](n3ccc4c(N)ncnc43)[C@H](O)[C@@H]2O)cc1. The molecule has 0 bridgehead atoms. The molecule has 6 N–H and O–H groups in total. The predicted molar refractivity (Wildman–Crippen MR) is 142 cm³/mol. The molecule has 11 nitrogen and oxygen atoms in total. The van der Waals surface area contributed by atoms with E-state index in [0.29, 0.717) is 42.9 Å². The van der Waals surface area contributed by atoms with Crippen LogP contribution in [0, 0.1) is 0 Å². The van der Waals surface area contributed by atoms with Crippen LogP contribution in [0.25, 0.3) is 11.0 Å². The molecule has 4 rings (SSSR count). The average molecular weight is 512 g/mol. The number of ether oxygens (including phenoxy) is 1. The summed E-state index contributed by atoms with van der Waals surface area (Å²) >= 11 is 0. The lowest BCUT2D eigenvalue weighted by Crippen LogP contribution is -2.39. The van der Waals surface area contributed by atoms with Gasteiger partial charge in [0.25, 0.3) is 0 Å². The Morgan fingerprint density at radius 1 is 1.16 bits per heavy atom. The zero-order valence-corrected chi connectivity index (χ0v) is 21.4. The number of nitrogens with one attached hydrogen (secondary N) is 2. The number of rotatable bonds is 11. The lowest BCUT2D eigenvalue weighted by Gasteiger charge is -2.22. The van der Waals surface area contributed by atoms with E-state index in [4.69, 9.17) is 10.5 Å². The summed E-state index contributed by atoms with van der Waals surface area (Å²) in [5, 5.41) is 27.6. The van der Waals surface area contributed by atoms with Gasteiger partial charge in [0.2, 0.25) is 0 Å². The third-order valence-electron chi connectivity index (χ3n) is 6.68. The third kappa shape index (κ3) is 6.55. The minimum atomic E-state index is -1.11. The second kappa shape index (κ2) is 12.3. The van der Waals surface area contributed by atoms with Crippen LogP contribution in [0.1, 0.15) is 38.0 Å². The first kappa shape index (κ1) is 26.8. The normalized spacial score (nSPS) is 21.5. The number of carbonyl (C=O) groups excluding carboxylic acids is 1. The van der Waals surface area contributed by atoms with Crippen molar-refractivity contribution in [3.8, 4) is 0 Å². The number of carbonyl (C=O) groups is 1. The number of amides is 2. The van der Waals surface area contributed by atoms with Gasteiger partial charge in [-0.05, 0) is 56.6 Å². The molecule has 2 aromatic heterocycles. The van der Waals surface area contributed by atoms with E-state index >= 15 is 0 Å². The summed E-state index contributed by atoms with van der Waals surface area (Å²) in [5.41, 5.74) is 8.47. The molecule has 3 heterocycles. The van der Waals surface area contributed by atoms with Crippen molar-refractivity contribution in [2.75, 3.05) is 37.7 Å². The van der Waals surface area contributed by atoms with E-state index in [1.807, 2.05) is 36.2 Å². The largest absolute Gasteiger partial charge is 0.387 e. The molecule has 1 saturated heterocycles. The fraction of sp³-hybridized carbons (Fsp3) is 0.500. The smallest absolute Gasteiger partial charge is 0.319 e. The summed E-state index contributed by atoms with van der Waals surface area (Å²) < 4.78 is 7.70. The molecule has 1 aromatic carbocycles. The summed E-state index contributed by atoms with van der Waals surface area (Å²) in [7, 11) is 1.91. The van der Waals surface area contributed by atoms with Crippen LogP contribution in [0.3, 0.4) is 0 Å². The van der Waals surface area contributed by atoms with Crippen LogP contribution in [0.2, 0.25) is 0 Å². The molecule has 1 aliphatic heterocycles. The van der Waals surface area contributed by atoms with Crippen LogP contribution in [-0.4, -0.2) is 80.7 Å². The molecule has 0 saturated carbocycles. The molecule has 0 radical (unpaired) electrons. The zero-order valence-electron chi connectivity index (χ0n) is 21.4. The molecule has 3 aromatic rings. The number of unbranched alkanes of at least 4 members (excludes halogenated alkanes) is 1. The summed E-state index contributed by atoms with van der Waals surface area (Å²) in [5.74, 6) is 0.343. The third-order valence-corrected chi connectivity index (χ3v) is 6.68. The monoisotopic (exact) mass is 511 g/mol. The van der Waals surface area contributed by atoms with Gasteiger partial charge in [0.15, 0.2) is 6.23 Å². The molecule has 1 aliphatic rings. The van der Waals surface area contributed by atoms with Gasteiger partial charge in [0.05, 0.1) is 5.39 Å². The Hall–Kier alpha value is -3.25. The number of hydrogen-bond donors (Lipinski definition) is 5. The van der Waals surface area contributed by atoms with Gasteiger partial charge in [-0.1, -0.05) is 25.5 Å². The summed E-state index contributed by atoms with van der Waals surface area (Å²) in [4.78, 5) is 22.4. The van der Waals surface area contributed by atoms with Crippen LogP contribution in [0.15, 0.2) is 42.9 Å². The maximum Gasteiger partial charge on any atom is 0.319 e. The Bertz CT molecular complexity index is 1170. The fourth-order valence-electron chi connectivity index (χ4n) is 4.57. The van der Waals surface area contributed by atoms with E-state index in [9.17, 15) is 15.0 Å². The number of urea groups is 1. The van der Waals surface area contributed by atoms with Crippen LogP contribution < -0.4 is 16.4 Å². The quantitative estimate of drug-likeness (QED) is 0.246. The summed E-state index contributed by atoms with van der Waals surface area (Å²) in [6, 6.07) is 9.45. The van der Waals surface area contributed by atoms with Crippen molar-refractivity contribution < 1.29 is 19.7 Å². The van der Waals surface area contributed by atoms with Gasteiger partial charge >= 0.3 is 6.03 Å². The van der Waals surface area contributed by atoms with Gasteiger partial charge in [-0.2, -0.15) is 0 Å². The zero-order chi connectivity index (χ0) is 26.4. The number of benzene rings is 1. The highest BCUT2D eigenvalue weighted by molar-refractivity contribution is 5.89. The topological polar surface area (TPSA) is 151 Å². The highest BCUT2D eigenvalue weighted by Crippen LogP contribution is 2.33. The van der Waals surface area contributed by atoms with E-state index < -0.39 is 24.5 Å². The van der Waals surface area contributed by atoms with E-state index in [1.54, 1.807) is 16.8 Å². The lowest BCUT2D eigenvalue weighted by atomic mass is 10.1. The van der Waals surface area contributed by atoms with Crippen molar-refractivity contribution in [1.82, 2.24) is 24.8 Å². The molecule has 1 fully saturated rings. The van der Waals surface area contributed by atoms with Gasteiger partial charge in [0.1, 0.15) is 36.1 Å². The Morgan fingerprint density at radius 2 is 1.95 bits per heavy atom. The molecule has 0 unspecified atom stereocenters. The number of aliphatic hydroxyl groups is 2. The first-order valence-corrected chi connectivity index (χ1v) is 12.8. The number of anilines is 2. The fourth-order valence-corrected chi connectivity index (χ4v) is 4.57. The summed E-state index contributed by atoms with van der Waals surface area (Å²) in [6.07, 6.45) is 3.62. The second-order valence-corrected chi connectivity index (χ2v) is 9.56. The van der Waals surface area contributed by atoms with Gasteiger partial charge in [-0.15, -0.1) is 0 Å². The van der Waals surface area contributed by atoms with Crippen LogP contribution in [0.4, 0.5) is 16.3 Å². The minimum absolute atomic E-state index is 0.243. The summed E-state index contributed by atoms with van der Waals surface area (Å²) in [6.45, 7) is 3.77. The van der Waals surface area contributed by atoms with Crippen LogP contribution >= 0.6 is 0 Å². The van der Waals surface area contributed by atoms with Crippen LogP contribution in [0.5, 0.6) is 0 Å². The maximum atomic E-state index is 12.2. The minimum Gasteiger partial charge on any atom is -0.387 e.